The fourth-order valence-electron chi connectivity index (χ4n) is 0. The first-order valence-electron chi connectivity index (χ1n) is 0. The van der Waals surface area contributed by atoms with E-state index >= 15 is 0 Å². The molecule has 0 rings (SSSR count). The van der Waals surface area contributed by atoms with E-state index in [1.165, 1.54) is 0 Å². The molecule has 0 fully saturated rings. The van der Waals surface area contributed by atoms with Gasteiger partial charge in [0.15, 0.2) is 0 Å². The molecule has 100 heavy (non-hydrogen) atoms. The molecule has 0 nitrogen and oxygen atoms in total. The van der Waals surface area contributed by atoms with Crippen molar-refractivity contribution < 1.29 is 2100 Å². The van der Waals surface area contributed by atoms with Crippen molar-refractivity contribution >= 4 is 0 Å². The Labute approximate surface area is 2030 Å². The van der Waals surface area contributed by atoms with Gasteiger partial charge in [-0.2, -0.15) is 0 Å². The van der Waals surface area contributed by atoms with Crippen molar-refractivity contribution in [1.29, 1.82) is 0 Å². The second-order valence-electron chi connectivity index (χ2n) is 0. The molecule has 0 amide bonds. The van der Waals surface area contributed by atoms with Gasteiger partial charge in [-0.3, -0.25) is 0 Å². The zero-order valence-electron chi connectivity index (χ0n) is 31.8. The van der Waals surface area contributed by atoms with E-state index < -0.39 is 0 Å². The maximum Gasteiger partial charge on any atom is 0 e. The first-order chi connectivity index (χ1) is 0. The van der Waals surface area contributed by atoms with Crippen LogP contribution in [0.15, 0.2) is 0 Å². The largest absolute Gasteiger partial charge is 0 e. The molecule has 100 heteroatoms. The number of rotatable bonds is 0. The van der Waals surface area contributed by atoms with Gasteiger partial charge < -0.3 is 0 Å². The molecule has 0 aliphatic heterocycles. The molecule has 0 atom stereocenters. The SMILES string of the molecule is [Ir].[Ir].[Ir].[Ir].[Ir].[Ir].[Ir].[Ir].[Ir].[Ir].[Pt].[Pt].[Pt].[Pt].[Pt].[Pt].[Pt].[Pt].[Pt].[Pt].[Pt].[Pt].[Pt].[Pt].[Pt].[Pt].[Pt].[Pt].[Pt].[Pt].[Pt].[Pt].[Pt].[Pt].[Pt].[Pt].[Pt].[Pt].[Pt].[Pt].[Pt].[Pt].[Pt].[Pt].[Pt].[Pt].[Pt].[Pt].[Pt].[Pt].[Pt].[Pt].[Pt].[Pt].[Pt].[Pt].[Pt].[Pt].[Pt].[Pt].[Pt].[Pt].[Pt].[Pt].[Pt].[Pt].[Pt].[Pt].[Pt].[Pt].[Pt].[Pt].[Pt].[Pt].[Pt].[Pt].[Pt].[Pt].[Pt].[Pt].[Pt].[Pt].[Pt].[Pt].[Pt].[Pt].[Pt].[Pt].[Pt].[Pt].[Pt].[Pt].[Pt].[Pt].[Pt].[Pt].[Pt].[Pt].[Pt].[Pt]. The summed E-state index contributed by atoms with van der Waals surface area (Å²) >= 11 is 0. The van der Waals surface area contributed by atoms with Gasteiger partial charge in [-0.15, -0.1) is 0 Å². The summed E-state index contributed by atoms with van der Waals surface area (Å²) in [5.41, 5.74) is 0. The van der Waals surface area contributed by atoms with Crippen LogP contribution >= 0.6 is 0 Å². The minimum absolute atomic E-state index is 0. The first-order valence-corrected chi connectivity index (χ1v) is 0. The molecule has 0 aromatic rings. The van der Waals surface area contributed by atoms with Gasteiger partial charge in [0, 0.05) is 2100 Å². The maximum absolute atomic E-state index is 0. The Bertz CT molecular complexity index is 46.9. The molecule has 10 radical (unpaired) electrons. The average Bonchev–Trinajstić information content (AvgIpc) is 0. The van der Waals surface area contributed by atoms with Crippen LogP contribution in [-0.2, 0) is 2100 Å². The van der Waals surface area contributed by atoms with Crippen molar-refractivity contribution in [1.82, 2.24) is 0 Å². The molecule has 990 valence electrons. The van der Waals surface area contributed by atoms with Gasteiger partial charge in [-0.25, -0.2) is 0 Å². The topological polar surface area (TPSA) is 0 Å². The van der Waals surface area contributed by atoms with E-state index in [1.807, 2.05) is 0 Å². The second kappa shape index (κ2) is 990. The fraction of sp³-hybridized carbons (Fsp3) is 0. The van der Waals surface area contributed by atoms with Crippen molar-refractivity contribution in [3.63, 3.8) is 0 Å². The van der Waals surface area contributed by atoms with E-state index in [-0.39, 0.29) is 2100 Å². The Kier molecular flexibility index (Phi) is 9980. The van der Waals surface area contributed by atoms with Crippen LogP contribution < -0.4 is 0 Å². The molecule has 0 aromatic carbocycles. The van der Waals surface area contributed by atoms with E-state index in [4.69, 9.17) is 0 Å². The summed E-state index contributed by atoms with van der Waals surface area (Å²) in [6, 6.07) is 0. The zero-order valence-corrected chi connectivity index (χ0v) is 260. The van der Waals surface area contributed by atoms with Crippen LogP contribution in [0.3, 0.4) is 0 Å². The third-order valence-corrected chi connectivity index (χ3v) is 0. The van der Waals surface area contributed by atoms with Gasteiger partial charge in [-0.1, -0.05) is 0 Å². The summed E-state index contributed by atoms with van der Waals surface area (Å²) in [4.78, 5) is 0. The van der Waals surface area contributed by atoms with Crippen molar-refractivity contribution in [2.45, 2.75) is 0 Å². The normalized spacial score (nSPS) is 0. The maximum atomic E-state index is 0. The van der Waals surface area contributed by atoms with E-state index in [9.17, 15) is 0 Å². The van der Waals surface area contributed by atoms with Crippen LogP contribution in [0.4, 0.5) is 0 Å². The Hall–Kier alpha value is 68.4. The van der Waals surface area contributed by atoms with Crippen LogP contribution in [0.1, 0.15) is 0 Å². The van der Waals surface area contributed by atoms with Crippen molar-refractivity contribution in [3.05, 3.63) is 0 Å². The Morgan fingerprint density at radius 3 is 0.0200 bits per heavy atom. The summed E-state index contributed by atoms with van der Waals surface area (Å²) in [7, 11) is 0. The van der Waals surface area contributed by atoms with Gasteiger partial charge in [-0.05, 0) is 0 Å². The molecular formula is Ir10Pt90. The third-order valence-electron chi connectivity index (χ3n) is 0. The van der Waals surface area contributed by atoms with E-state index in [1.54, 1.807) is 0 Å². The predicted molar refractivity (Wildman–Crippen MR) is 0 cm³/mol. The van der Waals surface area contributed by atoms with Gasteiger partial charge in [0.1, 0.15) is 0 Å². The van der Waals surface area contributed by atoms with Crippen LogP contribution in [0.2, 0.25) is 0 Å². The molecule has 0 spiro atoms. The minimum atomic E-state index is 0. The van der Waals surface area contributed by atoms with E-state index in [2.05, 4.69) is 0 Å². The Morgan fingerprint density at radius 2 is 0.0200 bits per heavy atom. The van der Waals surface area contributed by atoms with Crippen LogP contribution in [0, 0.1) is 0 Å². The predicted octanol–water partition coefficient (Wildman–Crippen LogP) is -0.250. The first kappa shape index (κ1) is 1010. The quantitative estimate of drug-likeness (QED) is 0.315. The Balaban J connectivity index is 0. The smallest absolute Gasteiger partial charge is 0 e. The number of hydrogen-bond donors (Lipinski definition) is 0. The molecule has 0 saturated heterocycles. The molecule has 0 aromatic heterocycles. The van der Waals surface area contributed by atoms with Gasteiger partial charge in [0.05, 0.1) is 0 Å². The molecule has 0 bridgehead atoms. The molecular weight excluding hydrogens is 19500 g/mol. The second-order valence-corrected chi connectivity index (χ2v) is 0. The third kappa shape index (κ3) is 973. The molecule has 0 unspecified atom stereocenters. The standard InChI is InChI=1S/10Ir.90Pt. The summed E-state index contributed by atoms with van der Waals surface area (Å²) < 4.78 is 0. The van der Waals surface area contributed by atoms with E-state index in [0.717, 1.165) is 0 Å². The zero-order chi connectivity index (χ0) is 0. The van der Waals surface area contributed by atoms with Crippen molar-refractivity contribution in [2.75, 3.05) is 0 Å². The molecule has 0 aliphatic rings. The van der Waals surface area contributed by atoms with E-state index in [0.29, 0.717) is 0 Å². The molecule has 0 saturated carbocycles. The number of hydrogen-bond acceptors (Lipinski definition) is 0. The molecule has 0 heterocycles. The summed E-state index contributed by atoms with van der Waals surface area (Å²) in [5.74, 6) is 0. The Morgan fingerprint density at radius 1 is 0.0200 bits per heavy atom. The van der Waals surface area contributed by atoms with Crippen LogP contribution in [0.25, 0.3) is 0 Å². The van der Waals surface area contributed by atoms with Crippen molar-refractivity contribution in [2.24, 2.45) is 0 Å². The van der Waals surface area contributed by atoms with Crippen LogP contribution in [-0.4, -0.2) is 0 Å². The molecule has 0 N–H and O–H groups in total. The summed E-state index contributed by atoms with van der Waals surface area (Å²) in [6.45, 7) is 0. The fourth-order valence-corrected chi connectivity index (χ4v) is 0. The summed E-state index contributed by atoms with van der Waals surface area (Å²) in [5, 5.41) is 0. The average molecular weight is 19500 g/mol. The van der Waals surface area contributed by atoms with Gasteiger partial charge >= 0.3 is 0 Å². The summed E-state index contributed by atoms with van der Waals surface area (Å²) in [6.07, 6.45) is 0. The van der Waals surface area contributed by atoms with Gasteiger partial charge in [0.25, 0.3) is 0 Å². The minimum Gasteiger partial charge on any atom is 0 e. The molecule has 0 aliphatic carbocycles. The van der Waals surface area contributed by atoms with Crippen LogP contribution in [0.5, 0.6) is 0 Å². The monoisotopic (exact) mass is 19500 g/mol. The van der Waals surface area contributed by atoms with Crippen molar-refractivity contribution in [3.8, 4) is 0 Å². The van der Waals surface area contributed by atoms with Gasteiger partial charge in [0.2, 0.25) is 0 Å².